The second kappa shape index (κ2) is 8.78. The van der Waals surface area contributed by atoms with Crippen LogP contribution in [0.3, 0.4) is 0 Å². The lowest BCUT2D eigenvalue weighted by Crippen LogP contribution is -2.50. The number of pyridine rings is 1. The van der Waals surface area contributed by atoms with Crippen LogP contribution in [0.1, 0.15) is 26.3 Å². The molecule has 4 rings (SSSR count). The zero-order valence-corrected chi connectivity index (χ0v) is 18.9. The van der Waals surface area contributed by atoms with E-state index in [1.165, 1.54) is 10.5 Å². The van der Waals surface area contributed by atoms with Crippen LogP contribution < -0.4 is 10.2 Å². The number of benzene rings is 1. The summed E-state index contributed by atoms with van der Waals surface area (Å²) >= 11 is 1.60. The number of hydrogen-bond acceptors (Lipinski definition) is 6. The van der Waals surface area contributed by atoms with Crippen molar-refractivity contribution in [3.05, 3.63) is 48.2 Å². The highest BCUT2D eigenvalue weighted by atomic mass is 32.2. The fourth-order valence-electron chi connectivity index (χ4n) is 3.66. The van der Waals surface area contributed by atoms with Gasteiger partial charge in [-0.1, -0.05) is 18.2 Å². The van der Waals surface area contributed by atoms with Gasteiger partial charge >= 0.3 is 6.09 Å². The molecule has 0 bridgehead atoms. The number of rotatable bonds is 3. The van der Waals surface area contributed by atoms with Gasteiger partial charge in [0.1, 0.15) is 11.4 Å². The number of aromatic nitrogens is 1. The lowest BCUT2D eigenvalue weighted by Gasteiger charge is -2.36. The van der Waals surface area contributed by atoms with Crippen LogP contribution in [0.5, 0.6) is 0 Å². The topological polar surface area (TPSA) is 74.8 Å². The number of ether oxygens (including phenoxy) is 1. The van der Waals surface area contributed by atoms with Crippen LogP contribution >= 0.6 is 11.8 Å². The van der Waals surface area contributed by atoms with Gasteiger partial charge in [0.2, 0.25) is 5.91 Å². The Balaban J connectivity index is 1.28. The Morgan fingerprint density at radius 3 is 2.48 bits per heavy atom. The van der Waals surface area contributed by atoms with Gasteiger partial charge in [-0.3, -0.25) is 4.79 Å². The fourth-order valence-corrected chi connectivity index (χ4v) is 4.85. The Kier molecular flexibility index (Phi) is 6.09. The minimum atomic E-state index is -0.488. The molecule has 1 saturated heterocycles. The van der Waals surface area contributed by atoms with E-state index in [4.69, 9.17) is 4.74 Å². The van der Waals surface area contributed by atoms with E-state index < -0.39 is 5.60 Å². The molecule has 164 valence electrons. The van der Waals surface area contributed by atoms with E-state index in [0.29, 0.717) is 32.0 Å². The quantitative estimate of drug-likeness (QED) is 0.783. The van der Waals surface area contributed by atoms with Gasteiger partial charge in [-0.05, 0) is 51.0 Å². The predicted molar refractivity (Wildman–Crippen MR) is 123 cm³/mol. The second-order valence-corrected chi connectivity index (χ2v) is 10.0. The molecule has 2 aliphatic rings. The molecule has 2 amide bonds. The highest BCUT2D eigenvalue weighted by Crippen LogP contribution is 2.37. The summed E-state index contributed by atoms with van der Waals surface area (Å²) < 4.78 is 5.45. The average molecular weight is 441 g/mol. The Bertz CT molecular complexity index is 925. The summed E-state index contributed by atoms with van der Waals surface area (Å²) in [6.07, 6.45) is 2.25. The molecule has 1 aromatic carbocycles. The molecule has 3 heterocycles. The SMILES string of the molecule is CC(C)(C)OC(=O)N1CCN(c2ccc(NC(=O)C3Cc4ccccc4S3)nc2)CC1. The highest BCUT2D eigenvalue weighted by molar-refractivity contribution is 8.01. The van der Waals surface area contributed by atoms with Crippen LogP contribution in [0.25, 0.3) is 0 Å². The molecule has 8 heteroatoms. The van der Waals surface area contributed by atoms with Crippen molar-refractivity contribution >= 4 is 35.3 Å². The van der Waals surface area contributed by atoms with Crippen LogP contribution in [0.15, 0.2) is 47.5 Å². The van der Waals surface area contributed by atoms with Crippen LogP contribution in [0, 0.1) is 0 Å². The van der Waals surface area contributed by atoms with Crippen molar-refractivity contribution in [1.82, 2.24) is 9.88 Å². The van der Waals surface area contributed by atoms with Gasteiger partial charge in [0, 0.05) is 31.1 Å². The molecule has 1 aromatic heterocycles. The Morgan fingerprint density at radius 2 is 1.84 bits per heavy atom. The van der Waals surface area contributed by atoms with Crippen molar-refractivity contribution in [3.8, 4) is 0 Å². The standard InChI is InChI=1S/C23H28N4O3S/c1-23(2,3)30-22(29)27-12-10-26(11-13-27)17-8-9-20(24-15-17)25-21(28)19-14-16-6-4-5-7-18(16)31-19/h4-9,15,19H,10-14H2,1-3H3,(H,24,25,28). The van der Waals surface area contributed by atoms with E-state index in [1.54, 1.807) is 22.9 Å². The maximum atomic E-state index is 12.6. The molecule has 1 fully saturated rings. The highest BCUT2D eigenvalue weighted by Gasteiger charge is 2.29. The third kappa shape index (κ3) is 5.31. The Hall–Kier alpha value is -2.74. The van der Waals surface area contributed by atoms with Gasteiger partial charge in [-0.2, -0.15) is 0 Å². The summed E-state index contributed by atoms with van der Waals surface area (Å²) in [7, 11) is 0. The number of thioether (sulfide) groups is 1. The summed E-state index contributed by atoms with van der Waals surface area (Å²) in [4.78, 5) is 34.4. The van der Waals surface area contributed by atoms with Crippen molar-refractivity contribution in [2.24, 2.45) is 0 Å². The van der Waals surface area contributed by atoms with E-state index in [0.717, 1.165) is 12.1 Å². The van der Waals surface area contributed by atoms with Crippen LogP contribution in [-0.4, -0.2) is 58.9 Å². The Labute approximate surface area is 187 Å². The zero-order valence-electron chi connectivity index (χ0n) is 18.1. The largest absolute Gasteiger partial charge is 0.444 e. The molecule has 0 saturated carbocycles. The molecule has 1 atom stereocenters. The minimum absolute atomic E-state index is 0.0209. The maximum Gasteiger partial charge on any atom is 0.410 e. The third-order valence-corrected chi connectivity index (χ3v) is 6.55. The van der Waals surface area contributed by atoms with Crippen LogP contribution in [-0.2, 0) is 16.0 Å². The molecule has 0 spiro atoms. The maximum absolute atomic E-state index is 12.6. The van der Waals surface area contributed by atoms with Gasteiger partial charge in [0.15, 0.2) is 0 Å². The van der Waals surface area contributed by atoms with E-state index >= 15 is 0 Å². The monoisotopic (exact) mass is 440 g/mol. The van der Waals surface area contributed by atoms with Crippen molar-refractivity contribution in [2.75, 3.05) is 36.4 Å². The van der Waals surface area contributed by atoms with Crippen molar-refractivity contribution in [3.63, 3.8) is 0 Å². The first-order chi connectivity index (χ1) is 14.8. The summed E-state index contributed by atoms with van der Waals surface area (Å²) in [5.74, 6) is 0.533. The smallest absolute Gasteiger partial charge is 0.410 e. The molecule has 7 nitrogen and oxygen atoms in total. The molecule has 2 aromatic rings. The molecule has 2 aliphatic heterocycles. The van der Waals surface area contributed by atoms with Crippen LogP contribution in [0.2, 0.25) is 0 Å². The molecule has 1 unspecified atom stereocenters. The number of fused-ring (bicyclic) bond motifs is 1. The van der Waals surface area contributed by atoms with Gasteiger partial charge in [0.25, 0.3) is 0 Å². The van der Waals surface area contributed by atoms with E-state index in [1.807, 2.05) is 45.0 Å². The second-order valence-electron chi connectivity index (χ2n) is 8.76. The average Bonchev–Trinajstić information content (AvgIpc) is 3.18. The molecular weight excluding hydrogens is 412 g/mol. The Morgan fingerprint density at radius 1 is 1.10 bits per heavy atom. The van der Waals surface area contributed by atoms with Gasteiger partial charge < -0.3 is 19.9 Å². The van der Waals surface area contributed by atoms with Gasteiger partial charge in [-0.25, -0.2) is 9.78 Å². The number of piperazine rings is 1. The number of hydrogen-bond donors (Lipinski definition) is 1. The van der Waals surface area contributed by atoms with Crippen LogP contribution in [0.4, 0.5) is 16.3 Å². The minimum Gasteiger partial charge on any atom is -0.444 e. The van der Waals surface area contributed by atoms with Crippen molar-refractivity contribution in [2.45, 2.75) is 42.9 Å². The first kappa shape index (κ1) is 21.5. The lowest BCUT2D eigenvalue weighted by atomic mass is 10.1. The first-order valence-electron chi connectivity index (χ1n) is 10.5. The molecule has 1 N–H and O–H groups in total. The molecule has 0 radical (unpaired) electrons. The number of amides is 2. The zero-order chi connectivity index (χ0) is 22.0. The van der Waals surface area contributed by atoms with Gasteiger partial charge in [0.05, 0.1) is 17.1 Å². The van der Waals surface area contributed by atoms with Gasteiger partial charge in [-0.15, -0.1) is 11.8 Å². The van der Waals surface area contributed by atoms with E-state index in [2.05, 4.69) is 27.3 Å². The van der Waals surface area contributed by atoms with E-state index in [9.17, 15) is 9.59 Å². The number of carbonyl (C=O) groups is 2. The van der Waals surface area contributed by atoms with Crippen molar-refractivity contribution < 1.29 is 14.3 Å². The molecular formula is C23H28N4O3S. The number of nitrogens with zero attached hydrogens (tertiary/aromatic N) is 3. The number of nitrogens with one attached hydrogen (secondary N) is 1. The summed E-state index contributed by atoms with van der Waals surface area (Å²) in [6.45, 7) is 8.25. The van der Waals surface area contributed by atoms with Crippen molar-refractivity contribution in [1.29, 1.82) is 0 Å². The third-order valence-electron chi connectivity index (χ3n) is 5.24. The summed E-state index contributed by atoms with van der Waals surface area (Å²) in [5, 5.41) is 2.81. The lowest BCUT2D eigenvalue weighted by molar-refractivity contribution is -0.115. The fraction of sp³-hybridized carbons (Fsp3) is 0.435. The van der Waals surface area contributed by atoms with E-state index in [-0.39, 0.29) is 17.3 Å². The summed E-state index contributed by atoms with van der Waals surface area (Å²) in [5.41, 5.74) is 1.71. The number of anilines is 2. The molecule has 0 aliphatic carbocycles. The normalized spacial score (nSPS) is 18.5. The first-order valence-corrected chi connectivity index (χ1v) is 11.4. The predicted octanol–water partition coefficient (Wildman–Crippen LogP) is 3.79. The number of carbonyl (C=O) groups excluding carboxylic acids is 2. The summed E-state index contributed by atoms with van der Waals surface area (Å²) in [6, 6.07) is 11.9. The molecule has 31 heavy (non-hydrogen) atoms.